The second-order valence-corrected chi connectivity index (χ2v) is 5.18. The summed E-state index contributed by atoms with van der Waals surface area (Å²) in [6.45, 7) is 9.45. The Kier molecular flexibility index (Phi) is 8.26. The third-order valence-electron chi connectivity index (χ3n) is 2.73. The van der Waals surface area contributed by atoms with Gasteiger partial charge < -0.3 is 10.4 Å². The molecule has 0 aromatic carbocycles. The van der Waals surface area contributed by atoms with E-state index in [-0.39, 0.29) is 6.04 Å². The molecule has 0 aromatic rings. The van der Waals surface area contributed by atoms with E-state index in [2.05, 4.69) is 33.0 Å². The Morgan fingerprint density at radius 1 is 1.31 bits per heavy atom. The Morgan fingerprint density at radius 2 is 1.94 bits per heavy atom. The van der Waals surface area contributed by atoms with Gasteiger partial charge in [-0.1, -0.05) is 40.5 Å². The van der Waals surface area contributed by atoms with Gasteiger partial charge in [0, 0.05) is 0 Å². The van der Waals surface area contributed by atoms with Crippen molar-refractivity contribution in [1.82, 2.24) is 5.32 Å². The van der Waals surface area contributed by atoms with E-state index >= 15 is 0 Å². The zero-order chi connectivity index (χ0) is 12.6. The van der Waals surface area contributed by atoms with Crippen LogP contribution in [0.2, 0.25) is 0 Å². The summed E-state index contributed by atoms with van der Waals surface area (Å²) in [5, 5.41) is 12.2. The molecule has 0 aliphatic heterocycles. The van der Waals surface area contributed by atoms with Gasteiger partial charge in [0.2, 0.25) is 0 Å². The molecule has 0 bridgehead atoms. The van der Waals surface area contributed by atoms with Gasteiger partial charge in [-0.2, -0.15) is 0 Å². The minimum absolute atomic E-state index is 0.366. The minimum atomic E-state index is -0.717. The molecule has 0 spiro atoms. The lowest BCUT2D eigenvalue weighted by Crippen LogP contribution is -2.39. The number of carboxylic acids is 1. The first-order valence-electron chi connectivity index (χ1n) is 6.43. The molecule has 0 aliphatic carbocycles. The van der Waals surface area contributed by atoms with E-state index in [1.807, 2.05) is 0 Å². The van der Waals surface area contributed by atoms with E-state index in [0.717, 1.165) is 32.2 Å². The lowest BCUT2D eigenvalue weighted by molar-refractivity contribution is -0.139. The third kappa shape index (κ3) is 7.69. The first-order valence-corrected chi connectivity index (χ1v) is 6.43. The number of hydrogen-bond acceptors (Lipinski definition) is 2. The molecule has 0 aromatic heterocycles. The van der Waals surface area contributed by atoms with E-state index < -0.39 is 5.97 Å². The number of rotatable bonds is 9. The van der Waals surface area contributed by atoms with Crippen molar-refractivity contribution in [2.24, 2.45) is 11.8 Å². The van der Waals surface area contributed by atoms with Crippen molar-refractivity contribution in [2.45, 2.75) is 59.4 Å². The summed E-state index contributed by atoms with van der Waals surface area (Å²) in [4.78, 5) is 11.0. The molecule has 0 radical (unpaired) electrons. The average Bonchev–Trinajstić information content (AvgIpc) is 2.16. The summed E-state index contributed by atoms with van der Waals surface area (Å²) in [5.41, 5.74) is 0. The highest BCUT2D eigenvalue weighted by Crippen LogP contribution is 2.10. The molecule has 0 fully saturated rings. The topological polar surface area (TPSA) is 49.3 Å². The molecule has 0 saturated carbocycles. The van der Waals surface area contributed by atoms with Crippen LogP contribution in [0.5, 0.6) is 0 Å². The lowest BCUT2D eigenvalue weighted by Gasteiger charge is -2.19. The number of carboxylic acid groups (broad SMARTS) is 1. The van der Waals surface area contributed by atoms with Crippen molar-refractivity contribution < 1.29 is 9.90 Å². The van der Waals surface area contributed by atoms with Gasteiger partial charge in [0.15, 0.2) is 0 Å². The molecule has 0 saturated heterocycles. The van der Waals surface area contributed by atoms with Crippen molar-refractivity contribution in [3.8, 4) is 0 Å². The van der Waals surface area contributed by atoms with Crippen LogP contribution in [0, 0.1) is 11.8 Å². The smallest absolute Gasteiger partial charge is 0.320 e. The molecule has 3 nitrogen and oxygen atoms in total. The Morgan fingerprint density at radius 3 is 2.38 bits per heavy atom. The lowest BCUT2D eigenvalue weighted by atomic mass is 9.98. The van der Waals surface area contributed by atoms with Crippen molar-refractivity contribution in [3.63, 3.8) is 0 Å². The van der Waals surface area contributed by atoms with Gasteiger partial charge in [-0.25, -0.2) is 0 Å². The summed E-state index contributed by atoms with van der Waals surface area (Å²) in [6.07, 6.45) is 3.91. The number of nitrogens with one attached hydrogen (secondary N) is 1. The van der Waals surface area contributed by atoms with Crippen LogP contribution in [0.1, 0.15) is 53.4 Å². The van der Waals surface area contributed by atoms with Crippen LogP contribution < -0.4 is 5.32 Å². The van der Waals surface area contributed by atoms with Crippen molar-refractivity contribution in [3.05, 3.63) is 0 Å². The fourth-order valence-electron chi connectivity index (χ4n) is 1.95. The number of carbonyl (C=O) groups is 1. The Hall–Kier alpha value is -0.570. The maximum absolute atomic E-state index is 11.0. The van der Waals surface area contributed by atoms with E-state index in [1.165, 1.54) is 0 Å². The Bertz CT molecular complexity index is 192. The highest BCUT2D eigenvalue weighted by atomic mass is 16.4. The summed E-state index contributed by atoms with van der Waals surface area (Å²) in [7, 11) is 0. The molecule has 0 amide bonds. The highest BCUT2D eigenvalue weighted by Gasteiger charge is 2.16. The highest BCUT2D eigenvalue weighted by molar-refractivity contribution is 5.73. The monoisotopic (exact) mass is 229 g/mol. The molecule has 0 aliphatic rings. The van der Waals surface area contributed by atoms with Crippen molar-refractivity contribution >= 4 is 5.97 Å². The van der Waals surface area contributed by atoms with Gasteiger partial charge in [0.25, 0.3) is 0 Å². The molecular formula is C13H27NO2. The molecule has 96 valence electrons. The van der Waals surface area contributed by atoms with Crippen LogP contribution >= 0.6 is 0 Å². The molecular weight excluding hydrogens is 202 g/mol. The SMILES string of the molecule is CCCCC(NCC(C)CC(C)C)C(=O)O. The van der Waals surface area contributed by atoms with E-state index in [9.17, 15) is 4.79 Å². The molecule has 2 unspecified atom stereocenters. The fraction of sp³-hybridized carbons (Fsp3) is 0.923. The zero-order valence-electron chi connectivity index (χ0n) is 11.1. The maximum atomic E-state index is 11.0. The minimum Gasteiger partial charge on any atom is -0.480 e. The van der Waals surface area contributed by atoms with Crippen LogP contribution in [-0.2, 0) is 4.79 Å². The Labute approximate surface area is 99.6 Å². The predicted octanol–water partition coefficient (Wildman–Crippen LogP) is 2.90. The van der Waals surface area contributed by atoms with Crippen LogP contribution in [0.4, 0.5) is 0 Å². The maximum Gasteiger partial charge on any atom is 0.320 e. The standard InChI is InChI=1S/C13H27NO2/c1-5-6-7-12(13(15)16)14-9-11(4)8-10(2)3/h10-12,14H,5-9H2,1-4H3,(H,15,16). The van der Waals surface area contributed by atoms with Gasteiger partial charge >= 0.3 is 5.97 Å². The van der Waals surface area contributed by atoms with Crippen LogP contribution in [0.15, 0.2) is 0 Å². The summed E-state index contributed by atoms with van der Waals surface area (Å²) < 4.78 is 0. The third-order valence-corrected chi connectivity index (χ3v) is 2.73. The molecule has 16 heavy (non-hydrogen) atoms. The van der Waals surface area contributed by atoms with Crippen LogP contribution in [0.3, 0.4) is 0 Å². The quantitative estimate of drug-likeness (QED) is 0.639. The number of hydrogen-bond donors (Lipinski definition) is 2. The predicted molar refractivity (Wildman–Crippen MR) is 67.6 cm³/mol. The van der Waals surface area contributed by atoms with E-state index in [1.54, 1.807) is 0 Å². The van der Waals surface area contributed by atoms with Gasteiger partial charge in [-0.05, 0) is 31.2 Å². The zero-order valence-corrected chi connectivity index (χ0v) is 11.1. The van der Waals surface area contributed by atoms with Gasteiger partial charge in [-0.15, -0.1) is 0 Å². The summed E-state index contributed by atoms with van der Waals surface area (Å²) >= 11 is 0. The average molecular weight is 229 g/mol. The Balaban J connectivity index is 3.87. The van der Waals surface area contributed by atoms with Gasteiger partial charge in [0.1, 0.15) is 6.04 Å². The number of unbranched alkanes of at least 4 members (excludes halogenated alkanes) is 1. The van der Waals surface area contributed by atoms with Crippen LogP contribution in [0.25, 0.3) is 0 Å². The molecule has 3 heteroatoms. The molecule has 2 atom stereocenters. The first-order chi connectivity index (χ1) is 7.47. The van der Waals surface area contributed by atoms with Crippen LogP contribution in [-0.4, -0.2) is 23.7 Å². The second-order valence-electron chi connectivity index (χ2n) is 5.18. The largest absolute Gasteiger partial charge is 0.480 e. The molecule has 2 N–H and O–H groups in total. The number of aliphatic carboxylic acids is 1. The summed E-state index contributed by atoms with van der Waals surface area (Å²) in [6, 6.07) is -0.366. The van der Waals surface area contributed by atoms with Crippen molar-refractivity contribution in [2.75, 3.05) is 6.54 Å². The van der Waals surface area contributed by atoms with E-state index in [4.69, 9.17) is 5.11 Å². The normalized spacial score (nSPS) is 15.1. The molecule has 0 rings (SSSR count). The van der Waals surface area contributed by atoms with E-state index in [0.29, 0.717) is 11.8 Å². The first kappa shape index (κ1) is 15.4. The second kappa shape index (κ2) is 8.57. The van der Waals surface area contributed by atoms with Gasteiger partial charge in [-0.3, -0.25) is 4.79 Å². The van der Waals surface area contributed by atoms with Gasteiger partial charge in [0.05, 0.1) is 0 Å². The molecule has 0 heterocycles. The fourth-order valence-corrected chi connectivity index (χ4v) is 1.95. The summed E-state index contributed by atoms with van der Waals surface area (Å²) in [5.74, 6) is 0.504. The van der Waals surface area contributed by atoms with Crippen molar-refractivity contribution in [1.29, 1.82) is 0 Å².